The molecule has 1 aliphatic carbocycles. The van der Waals surface area contributed by atoms with Crippen LogP contribution in [0.15, 0.2) is 6.07 Å². The van der Waals surface area contributed by atoms with E-state index >= 15 is 0 Å². The van der Waals surface area contributed by atoms with Crippen LogP contribution in [0, 0.1) is 23.3 Å². The molecule has 1 fully saturated rings. The van der Waals surface area contributed by atoms with E-state index in [1.165, 1.54) is 4.90 Å². The Morgan fingerprint density at radius 3 is 2.23 bits per heavy atom. The van der Waals surface area contributed by atoms with Crippen LogP contribution in [-0.4, -0.2) is 30.5 Å². The van der Waals surface area contributed by atoms with Crippen LogP contribution in [0.2, 0.25) is 0 Å². The van der Waals surface area contributed by atoms with E-state index in [4.69, 9.17) is 0 Å². The molecule has 3 nitrogen and oxygen atoms in total. The maximum absolute atomic E-state index is 13.4. The molecule has 0 bridgehead atoms. The smallest absolute Gasteiger partial charge is 0.260 e. The number of rotatable bonds is 4. The lowest BCUT2D eigenvalue weighted by atomic mass is 9.94. The quantitative estimate of drug-likeness (QED) is 0.629. The van der Waals surface area contributed by atoms with Gasteiger partial charge in [-0.1, -0.05) is 19.3 Å². The number of ether oxygens (including phenoxy) is 1. The minimum atomic E-state index is -1.65. The molecule has 0 aliphatic heterocycles. The molecular weight excluding hydrogens is 302 g/mol. The van der Waals surface area contributed by atoms with Crippen LogP contribution in [0.3, 0.4) is 0 Å². The van der Waals surface area contributed by atoms with E-state index in [1.54, 1.807) is 7.05 Å². The summed E-state index contributed by atoms with van der Waals surface area (Å²) in [7, 11) is 1.58. The Hall–Kier alpha value is -1.79. The predicted octanol–water partition coefficient (Wildman–Crippen LogP) is 3.41. The molecule has 0 aromatic heterocycles. The SMILES string of the molecule is CN(C(=O)COc1c(F)c(F)cc(F)c1F)C1CCCCC1. The third kappa shape index (κ3) is 3.51. The molecule has 1 amide bonds. The summed E-state index contributed by atoms with van der Waals surface area (Å²) in [5.74, 6) is -8.12. The topological polar surface area (TPSA) is 29.5 Å². The second kappa shape index (κ2) is 6.98. The van der Waals surface area contributed by atoms with Gasteiger partial charge in [-0.3, -0.25) is 4.79 Å². The molecule has 1 aliphatic rings. The van der Waals surface area contributed by atoms with Gasteiger partial charge in [-0.15, -0.1) is 0 Å². The first-order valence-corrected chi connectivity index (χ1v) is 7.13. The first-order chi connectivity index (χ1) is 10.4. The van der Waals surface area contributed by atoms with E-state index in [9.17, 15) is 22.4 Å². The highest BCUT2D eigenvalue weighted by Crippen LogP contribution is 2.27. The van der Waals surface area contributed by atoms with Gasteiger partial charge in [0.2, 0.25) is 11.6 Å². The molecule has 0 radical (unpaired) electrons. The lowest BCUT2D eigenvalue weighted by molar-refractivity contribution is -0.134. The summed E-state index contributed by atoms with van der Waals surface area (Å²) in [5.41, 5.74) is 0. The fraction of sp³-hybridized carbons (Fsp3) is 0.533. The highest BCUT2D eigenvalue weighted by Gasteiger charge is 2.25. The zero-order valence-corrected chi connectivity index (χ0v) is 12.2. The average Bonchev–Trinajstić information content (AvgIpc) is 2.53. The lowest BCUT2D eigenvalue weighted by Crippen LogP contribution is -2.40. The summed E-state index contributed by atoms with van der Waals surface area (Å²) in [6, 6.07) is 0.150. The molecule has 1 aromatic rings. The Balaban J connectivity index is 2.02. The van der Waals surface area contributed by atoms with E-state index in [2.05, 4.69) is 4.74 Å². The molecule has 2 rings (SSSR count). The Bertz CT molecular complexity index is 533. The van der Waals surface area contributed by atoms with Gasteiger partial charge in [0, 0.05) is 19.2 Å². The number of likely N-dealkylation sites (N-methyl/N-ethyl adjacent to an activating group) is 1. The third-order valence-corrected chi connectivity index (χ3v) is 3.93. The highest BCUT2D eigenvalue weighted by molar-refractivity contribution is 5.77. The lowest BCUT2D eigenvalue weighted by Gasteiger charge is -2.31. The number of benzene rings is 1. The largest absolute Gasteiger partial charge is 0.477 e. The van der Waals surface area contributed by atoms with Gasteiger partial charge in [0.25, 0.3) is 5.91 Å². The monoisotopic (exact) mass is 319 g/mol. The van der Waals surface area contributed by atoms with Crippen molar-refractivity contribution >= 4 is 5.91 Å². The van der Waals surface area contributed by atoms with Gasteiger partial charge < -0.3 is 9.64 Å². The van der Waals surface area contributed by atoms with Crippen molar-refractivity contribution in [1.29, 1.82) is 0 Å². The van der Waals surface area contributed by atoms with E-state index in [1.807, 2.05) is 0 Å². The first kappa shape index (κ1) is 16.6. The number of carbonyl (C=O) groups is 1. The van der Waals surface area contributed by atoms with Crippen molar-refractivity contribution in [3.63, 3.8) is 0 Å². The van der Waals surface area contributed by atoms with Crippen molar-refractivity contribution in [2.24, 2.45) is 0 Å². The van der Waals surface area contributed by atoms with E-state index in [-0.39, 0.29) is 12.1 Å². The molecule has 0 heterocycles. The van der Waals surface area contributed by atoms with Crippen LogP contribution in [0.4, 0.5) is 17.6 Å². The van der Waals surface area contributed by atoms with Gasteiger partial charge >= 0.3 is 0 Å². The molecule has 0 atom stereocenters. The molecule has 1 saturated carbocycles. The third-order valence-electron chi connectivity index (χ3n) is 3.93. The van der Waals surface area contributed by atoms with Gasteiger partial charge in [-0.25, -0.2) is 8.78 Å². The highest BCUT2D eigenvalue weighted by atomic mass is 19.2. The fourth-order valence-electron chi connectivity index (χ4n) is 2.59. The number of amides is 1. The summed E-state index contributed by atoms with van der Waals surface area (Å²) < 4.78 is 57.6. The minimum absolute atomic E-state index is 0.0591. The van der Waals surface area contributed by atoms with Gasteiger partial charge in [0.05, 0.1) is 0 Å². The second-order valence-corrected chi connectivity index (χ2v) is 5.38. The normalized spacial score (nSPS) is 15.7. The second-order valence-electron chi connectivity index (χ2n) is 5.38. The number of nitrogens with zero attached hydrogens (tertiary/aromatic N) is 1. The Labute approximate surface area is 125 Å². The van der Waals surface area contributed by atoms with Crippen molar-refractivity contribution < 1.29 is 27.1 Å². The maximum Gasteiger partial charge on any atom is 0.260 e. The molecule has 7 heteroatoms. The summed E-state index contributed by atoms with van der Waals surface area (Å²) in [5, 5.41) is 0. The van der Waals surface area contributed by atoms with Crippen LogP contribution in [0.25, 0.3) is 0 Å². The summed E-state index contributed by atoms with van der Waals surface area (Å²) in [6.45, 7) is -0.677. The minimum Gasteiger partial charge on any atom is -0.477 e. The summed E-state index contributed by atoms with van der Waals surface area (Å²) in [4.78, 5) is 13.4. The van der Waals surface area contributed by atoms with Crippen molar-refractivity contribution in [1.82, 2.24) is 4.90 Å². The standard InChI is InChI=1S/C15H17F4NO2/c1-20(9-5-3-2-4-6-9)12(21)8-22-15-13(18)10(16)7-11(17)14(15)19/h7,9H,2-6,8H2,1H3. The van der Waals surface area contributed by atoms with E-state index in [0.29, 0.717) is 0 Å². The van der Waals surface area contributed by atoms with Crippen LogP contribution < -0.4 is 4.74 Å². The molecule has 22 heavy (non-hydrogen) atoms. The van der Waals surface area contributed by atoms with E-state index in [0.717, 1.165) is 32.1 Å². The van der Waals surface area contributed by atoms with Gasteiger partial charge in [0.15, 0.2) is 24.0 Å². The fourth-order valence-corrected chi connectivity index (χ4v) is 2.59. The van der Waals surface area contributed by atoms with Crippen molar-refractivity contribution in [3.8, 4) is 5.75 Å². The molecule has 0 unspecified atom stereocenters. The molecule has 0 saturated heterocycles. The van der Waals surface area contributed by atoms with Crippen molar-refractivity contribution in [3.05, 3.63) is 29.3 Å². The number of carbonyl (C=O) groups excluding carboxylic acids is 1. The zero-order chi connectivity index (χ0) is 16.3. The van der Waals surface area contributed by atoms with Gasteiger partial charge in [-0.2, -0.15) is 8.78 Å². The summed E-state index contributed by atoms with van der Waals surface area (Å²) >= 11 is 0. The summed E-state index contributed by atoms with van der Waals surface area (Å²) in [6.07, 6.45) is 4.87. The molecular formula is C15H17F4NO2. The Morgan fingerprint density at radius 1 is 1.14 bits per heavy atom. The van der Waals surface area contributed by atoms with Crippen LogP contribution in [0.5, 0.6) is 5.75 Å². The maximum atomic E-state index is 13.4. The van der Waals surface area contributed by atoms with Crippen LogP contribution in [0.1, 0.15) is 32.1 Å². The average molecular weight is 319 g/mol. The van der Waals surface area contributed by atoms with Crippen molar-refractivity contribution in [2.45, 2.75) is 38.1 Å². The Morgan fingerprint density at radius 2 is 1.68 bits per heavy atom. The van der Waals surface area contributed by atoms with E-state index < -0.39 is 41.5 Å². The Kier molecular flexibility index (Phi) is 5.26. The predicted molar refractivity (Wildman–Crippen MR) is 71.4 cm³/mol. The number of halogens is 4. The number of hydrogen-bond acceptors (Lipinski definition) is 2. The molecule has 122 valence electrons. The molecule has 1 aromatic carbocycles. The number of hydrogen-bond donors (Lipinski definition) is 0. The van der Waals surface area contributed by atoms with Crippen LogP contribution >= 0.6 is 0 Å². The molecule has 0 N–H and O–H groups in total. The molecule has 0 spiro atoms. The van der Waals surface area contributed by atoms with Crippen molar-refractivity contribution in [2.75, 3.05) is 13.7 Å². The van der Waals surface area contributed by atoms with Gasteiger partial charge in [-0.05, 0) is 12.8 Å². The first-order valence-electron chi connectivity index (χ1n) is 7.13. The van der Waals surface area contributed by atoms with Gasteiger partial charge in [0.1, 0.15) is 0 Å². The van der Waals surface area contributed by atoms with Crippen LogP contribution in [-0.2, 0) is 4.79 Å². The zero-order valence-electron chi connectivity index (χ0n) is 12.2.